The monoisotopic (exact) mass is 447 g/mol. The van der Waals surface area contributed by atoms with E-state index in [1.54, 1.807) is 0 Å². The van der Waals surface area contributed by atoms with Crippen LogP contribution in [0.1, 0.15) is 0 Å². The summed E-state index contributed by atoms with van der Waals surface area (Å²) >= 11 is 14.0. The zero-order valence-electron chi connectivity index (χ0n) is 15.6. The minimum atomic E-state index is 0.653. The van der Waals surface area contributed by atoms with Crippen molar-refractivity contribution in [3.8, 4) is 0 Å². The summed E-state index contributed by atoms with van der Waals surface area (Å²) in [7, 11) is 0. The molecule has 0 aliphatic rings. The average molecular weight is 448 g/mol. The van der Waals surface area contributed by atoms with Gasteiger partial charge in [0.25, 0.3) is 0 Å². The number of aromatic nitrogens is 2. The van der Waals surface area contributed by atoms with Gasteiger partial charge in [0, 0.05) is 15.6 Å². The largest absolute Gasteiger partial charge is 0.338 e. The predicted octanol–water partition coefficient (Wildman–Crippen LogP) is 7.98. The Morgan fingerprint density at radius 3 is 2.13 bits per heavy atom. The van der Waals surface area contributed by atoms with E-state index >= 15 is 0 Å². The van der Waals surface area contributed by atoms with Crippen molar-refractivity contribution >= 4 is 68.3 Å². The summed E-state index contributed by atoms with van der Waals surface area (Å²) in [6, 6.07) is 27.6. The highest BCUT2D eigenvalue weighted by Crippen LogP contribution is 2.37. The zero-order valence-corrected chi connectivity index (χ0v) is 18.0. The average Bonchev–Trinajstić information content (AvgIpc) is 2.74. The maximum absolute atomic E-state index is 6.40. The molecular formula is C24H15Cl2N3S. The molecule has 0 amide bonds. The Hall–Kier alpha value is -2.79. The Morgan fingerprint density at radius 2 is 1.40 bits per heavy atom. The molecule has 1 aromatic heterocycles. The minimum absolute atomic E-state index is 0.653. The summed E-state index contributed by atoms with van der Waals surface area (Å²) in [6.07, 6.45) is 0. The van der Waals surface area contributed by atoms with E-state index in [0.29, 0.717) is 15.9 Å². The molecule has 1 heterocycles. The Morgan fingerprint density at radius 1 is 0.700 bits per heavy atom. The fourth-order valence-corrected chi connectivity index (χ4v) is 4.51. The molecule has 6 heteroatoms. The Balaban J connectivity index is 1.67. The normalized spacial score (nSPS) is 11.1. The van der Waals surface area contributed by atoms with Crippen molar-refractivity contribution in [2.75, 3.05) is 5.32 Å². The first-order valence-corrected chi connectivity index (χ1v) is 10.9. The van der Waals surface area contributed by atoms with Gasteiger partial charge < -0.3 is 5.32 Å². The first-order chi connectivity index (χ1) is 14.7. The zero-order chi connectivity index (χ0) is 20.5. The second kappa shape index (κ2) is 8.15. The number of fused-ring (bicyclic) bond motifs is 2. The van der Waals surface area contributed by atoms with Crippen LogP contribution < -0.4 is 5.32 Å². The van der Waals surface area contributed by atoms with E-state index in [1.165, 1.54) is 11.8 Å². The van der Waals surface area contributed by atoms with Gasteiger partial charge in [-0.2, -0.15) is 0 Å². The van der Waals surface area contributed by atoms with Gasteiger partial charge in [-0.3, -0.25) is 0 Å². The van der Waals surface area contributed by atoms with Gasteiger partial charge in [0.1, 0.15) is 5.03 Å². The van der Waals surface area contributed by atoms with Crippen molar-refractivity contribution in [2.45, 2.75) is 9.92 Å². The van der Waals surface area contributed by atoms with Crippen molar-refractivity contribution in [1.29, 1.82) is 0 Å². The Kier molecular flexibility index (Phi) is 5.21. The van der Waals surface area contributed by atoms with Gasteiger partial charge in [-0.05, 0) is 53.2 Å². The second-order valence-electron chi connectivity index (χ2n) is 6.73. The quantitative estimate of drug-likeness (QED) is 0.283. The van der Waals surface area contributed by atoms with Crippen LogP contribution in [0.3, 0.4) is 0 Å². The molecule has 0 aliphatic heterocycles. The molecule has 30 heavy (non-hydrogen) atoms. The summed E-state index contributed by atoms with van der Waals surface area (Å²) < 4.78 is 0. The van der Waals surface area contributed by atoms with Crippen LogP contribution >= 0.6 is 35.0 Å². The summed E-state index contributed by atoms with van der Waals surface area (Å²) in [5, 5.41) is 7.70. The van der Waals surface area contributed by atoms with Crippen LogP contribution in [0.4, 0.5) is 11.5 Å². The van der Waals surface area contributed by atoms with Crippen molar-refractivity contribution in [3.05, 3.63) is 95.0 Å². The van der Waals surface area contributed by atoms with E-state index in [4.69, 9.17) is 33.2 Å². The number of rotatable bonds is 4. The molecule has 0 spiro atoms. The van der Waals surface area contributed by atoms with Gasteiger partial charge in [-0.1, -0.05) is 77.4 Å². The van der Waals surface area contributed by atoms with Crippen LogP contribution in [0, 0.1) is 0 Å². The minimum Gasteiger partial charge on any atom is -0.338 e. The molecular weight excluding hydrogens is 433 g/mol. The number of anilines is 2. The van der Waals surface area contributed by atoms with E-state index in [1.807, 2.05) is 60.7 Å². The summed E-state index contributed by atoms with van der Waals surface area (Å²) in [6.45, 7) is 0. The lowest BCUT2D eigenvalue weighted by molar-refractivity contribution is 1.12. The van der Waals surface area contributed by atoms with E-state index in [2.05, 4.69) is 29.6 Å². The molecule has 0 saturated carbocycles. The molecule has 0 saturated heterocycles. The highest BCUT2D eigenvalue weighted by molar-refractivity contribution is 7.99. The van der Waals surface area contributed by atoms with Crippen LogP contribution in [0.15, 0.2) is 94.9 Å². The Bertz CT molecular complexity index is 1390. The highest BCUT2D eigenvalue weighted by atomic mass is 35.5. The van der Waals surface area contributed by atoms with Gasteiger partial charge in [0.15, 0.2) is 5.82 Å². The third kappa shape index (κ3) is 3.94. The van der Waals surface area contributed by atoms with Crippen LogP contribution in [0.5, 0.6) is 0 Å². The lowest BCUT2D eigenvalue weighted by Gasteiger charge is -2.13. The molecule has 1 N–H and O–H groups in total. The summed E-state index contributed by atoms with van der Waals surface area (Å²) in [5.74, 6) is 0.657. The third-order valence-corrected chi connectivity index (χ3v) is 6.36. The van der Waals surface area contributed by atoms with Gasteiger partial charge in [-0.25, -0.2) is 9.97 Å². The fourth-order valence-electron chi connectivity index (χ4n) is 3.21. The van der Waals surface area contributed by atoms with Crippen molar-refractivity contribution < 1.29 is 0 Å². The lowest BCUT2D eigenvalue weighted by atomic mass is 10.1. The maximum Gasteiger partial charge on any atom is 0.164 e. The number of benzene rings is 4. The van der Waals surface area contributed by atoms with Crippen LogP contribution in [0.2, 0.25) is 10.0 Å². The van der Waals surface area contributed by atoms with Crippen LogP contribution in [0.25, 0.3) is 21.8 Å². The van der Waals surface area contributed by atoms with Gasteiger partial charge in [0.2, 0.25) is 0 Å². The second-order valence-corrected chi connectivity index (χ2v) is 8.61. The standard InChI is InChI=1S/C24H15Cl2N3S/c25-17-8-5-9-18(14-17)27-23-24(30-22-11-4-3-10-19(22)26)29-21-13-16-7-2-1-6-15(16)12-20(21)28-23/h1-14H,(H,27,28). The third-order valence-electron chi connectivity index (χ3n) is 4.63. The number of hydrogen-bond acceptors (Lipinski definition) is 4. The molecule has 0 fully saturated rings. The van der Waals surface area contributed by atoms with Crippen molar-refractivity contribution in [1.82, 2.24) is 9.97 Å². The molecule has 3 nitrogen and oxygen atoms in total. The smallest absolute Gasteiger partial charge is 0.164 e. The molecule has 5 aromatic rings. The van der Waals surface area contributed by atoms with E-state index in [0.717, 1.165) is 37.4 Å². The van der Waals surface area contributed by atoms with E-state index in [9.17, 15) is 0 Å². The molecule has 5 rings (SSSR count). The first-order valence-electron chi connectivity index (χ1n) is 9.31. The molecule has 0 aliphatic carbocycles. The van der Waals surface area contributed by atoms with Crippen LogP contribution in [-0.2, 0) is 0 Å². The predicted molar refractivity (Wildman–Crippen MR) is 127 cm³/mol. The topological polar surface area (TPSA) is 37.8 Å². The fraction of sp³-hybridized carbons (Fsp3) is 0. The molecule has 0 bridgehead atoms. The van der Waals surface area contributed by atoms with Gasteiger partial charge >= 0.3 is 0 Å². The molecule has 146 valence electrons. The van der Waals surface area contributed by atoms with Crippen molar-refractivity contribution in [2.24, 2.45) is 0 Å². The van der Waals surface area contributed by atoms with E-state index in [-0.39, 0.29) is 0 Å². The molecule has 0 radical (unpaired) electrons. The van der Waals surface area contributed by atoms with Gasteiger partial charge in [-0.15, -0.1) is 0 Å². The molecule has 4 aromatic carbocycles. The number of nitrogens with zero attached hydrogens (tertiary/aromatic N) is 2. The summed E-state index contributed by atoms with van der Waals surface area (Å²) in [4.78, 5) is 10.7. The Labute approximate surface area is 188 Å². The lowest BCUT2D eigenvalue weighted by Crippen LogP contribution is -1.99. The molecule has 0 unspecified atom stereocenters. The number of nitrogens with one attached hydrogen (secondary N) is 1. The number of hydrogen-bond donors (Lipinski definition) is 1. The highest BCUT2D eigenvalue weighted by Gasteiger charge is 2.14. The van der Waals surface area contributed by atoms with Gasteiger partial charge in [0.05, 0.1) is 16.1 Å². The maximum atomic E-state index is 6.40. The summed E-state index contributed by atoms with van der Waals surface area (Å²) in [5.41, 5.74) is 2.50. The SMILES string of the molecule is Clc1cccc(Nc2nc3cc4ccccc4cc3nc2Sc2ccccc2Cl)c1. The van der Waals surface area contributed by atoms with Crippen molar-refractivity contribution in [3.63, 3.8) is 0 Å². The first kappa shape index (κ1) is 19.2. The molecule has 0 atom stereocenters. The van der Waals surface area contributed by atoms with Crippen LogP contribution in [-0.4, -0.2) is 9.97 Å². The van der Waals surface area contributed by atoms with E-state index < -0.39 is 0 Å². The number of halogens is 2.